The van der Waals surface area contributed by atoms with Gasteiger partial charge in [-0.2, -0.15) is 0 Å². The molecule has 2 aromatic heterocycles. The van der Waals surface area contributed by atoms with E-state index >= 15 is 0 Å². The molecule has 3 rings (SSSR count). The highest BCUT2D eigenvalue weighted by Crippen LogP contribution is 2.43. The molecule has 2 heterocycles. The zero-order valence-corrected chi connectivity index (χ0v) is 12.0. The van der Waals surface area contributed by atoms with Gasteiger partial charge < -0.3 is 10.3 Å². The molecule has 0 aliphatic heterocycles. The summed E-state index contributed by atoms with van der Waals surface area (Å²) in [4.78, 5) is 8.52. The molecule has 0 saturated heterocycles. The number of nitrogens with zero attached hydrogens (tertiary/aromatic N) is 3. The molecule has 0 aromatic carbocycles. The van der Waals surface area contributed by atoms with E-state index in [2.05, 4.69) is 21.5 Å². The van der Waals surface area contributed by atoms with Crippen LogP contribution in [0.4, 0.5) is 5.69 Å². The van der Waals surface area contributed by atoms with Crippen LogP contribution in [0, 0.1) is 5.41 Å². The van der Waals surface area contributed by atoms with Gasteiger partial charge in [0, 0.05) is 30.2 Å². The van der Waals surface area contributed by atoms with Crippen molar-refractivity contribution in [3.05, 3.63) is 31.0 Å². The first-order valence-corrected chi connectivity index (χ1v) is 7.44. The molecule has 0 radical (unpaired) electrons. The molecular weight excluding hydrogens is 248 g/mol. The van der Waals surface area contributed by atoms with Crippen LogP contribution in [0.1, 0.15) is 39.0 Å². The molecule has 0 atom stereocenters. The maximum atomic E-state index is 6.07. The standard InChI is InChI=1S/C16H22N4/c1-2-16(6-3-4-7-16)11-20-12-19-10-15(20)13-9-18-8-5-14(13)17/h5,8-10,12H,2-4,6-7,11H2,1H3,(H2,17,18). The molecule has 1 aliphatic rings. The predicted molar refractivity (Wildman–Crippen MR) is 81.1 cm³/mol. The van der Waals surface area contributed by atoms with Crippen molar-refractivity contribution in [2.45, 2.75) is 45.6 Å². The van der Waals surface area contributed by atoms with E-state index in [4.69, 9.17) is 5.73 Å². The SMILES string of the molecule is CCC1(Cn2cncc2-c2cnccc2N)CCCC1. The molecule has 4 heteroatoms. The van der Waals surface area contributed by atoms with E-state index in [9.17, 15) is 0 Å². The number of hydrogen-bond donors (Lipinski definition) is 1. The molecule has 2 N–H and O–H groups in total. The second-order valence-corrected chi connectivity index (χ2v) is 5.93. The second kappa shape index (κ2) is 5.27. The van der Waals surface area contributed by atoms with Crippen LogP contribution >= 0.6 is 0 Å². The summed E-state index contributed by atoms with van der Waals surface area (Å²) in [5.41, 5.74) is 9.33. The number of aromatic nitrogens is 3. The molecule has 0 unspecified atom stereocenters. The third-order valence-corrected chi connectivity index (χ3v) is 4.76. The van der Waals surface area contributed by atoms with Crippen LogP contribution in [0.3, 0.4) is 0 Å². The minimum Gasteiger partial charge on any atom is -0.398 e. The molecule has 1 aliphatic carbocycles. The second-order valence-electron chi connectivity index (χ2n) is 5.93. The van der Waals surface area contributed by atoms with E-state index in [0.29, 0.717) is 5.41 Å². The number of nitrogens with two attached hydrogens (primary N) is 1. The first kappa shape index (κ1) is 13.2. The molecule has 4 nitrogen and oxygen atoms in total. The van der Waals surface area contributed by atoms with Crippen molar-refractivity contribution in [1.29, 1.82) is 0 Å². The number of nitrogen functional groups attached to an aromatic ring is 1. The minimum atomic E-state index is 0.437. The lowest BCUT2D eigenvalue weighted by Crippen LogP contribution is -2.22. The Hall–Kier alpha value is -1.84. The number of hydrogen-bond acceptors (Lipinski definition) is 3. The van der Waals surface area contributed by atoms with E-state index < -0.39 is 0 Å². The Bertz CT molecular complexity index is 582. The van der Waals surface area contributed by atoms with E-state index in [0.717, 1.165) is 23.5 Å². The summed E-state index contributed by atoms with van der Waals surface area (Å²) in [5, 5.41) is 0. The molecule has 0 amide bonds. The van der Waals surface area contributed by atoms with Crippen molar-refractivity contribution in [3.8, 4) is 11.3 Å². The van der Waals surface area contributed by atoms with Crippen LogP contribution in [0.5, 0.6) is 0 Å². The highest BCUT2D eigenvalue weighted by Gasteiger charge is 2.32. The Morgan fingerprint density at radius 3 is 2.75 bits per heavy atom. The van der Waals surface area contributed by atoms with Gasteiger partial charge in [-0.25, -0.2) is 4.98 Å². The van der Waals surface area contributed by atoms with Gasteiger partial charge in [-0.1, -0.05) is 19.8 Å². The van der Waals surface area contributed by atoms with E-state index in [1.807, 2.05) is 24.8 Å². The lowest BCUT2D eigenvalue weighted by atomic mass is 9.83. The van der Waals surface area contributed by atoms with Crippen molar-refractivity contribution >= 4 is 5.69 Å². The van der Waals surface area contributed by atoms with E-state index in [1.54, 1.807) is 6.20 Å². The summed E-state index contributed by atoms with van der Waals surface area (Å²) in [6, 6.07) is 1.85. The summed E-state index contributed by atoms with van der Waals surface area (Å²) in [5.74, 6) is 0. The Morgan fingerprint density at radius 2 is 2.05 bits per heavy atom. The van der Waals surface area contributed by atoms with Gasteiger partial charge in [-0.15, -0.1) is 0 Å². The fourth-order valence-electron chi connectivity index (χ4n) is 3.40. The van der Waals surface area contributed by atoms with Crippen molar-refractivity contribution in [1.82, 2.24) is 14.5 Å². The maximum Gasteiger partial charge on any atom is 0.0951 e. The molecule has 0 bridgehead atoms. The lowest BCUT2D eigenvalue weighted by Gasteiger charge is -2.28. The van der Waals surface area contributed by atoms with Gasteiger partial charge in [0.05, 0.1) is 18.2 Å². The zero-order chi connectivity index (χ0) is 14.0. The van der Waals surface area contributed by atoms with Crippen molar-refractivity contribution < 1.29 is 0 Å². The minimum absolute atomic E-state index is 0.437. The molecule has 1 fully saturated rings. The lowest BCUT2D eigenvalue weighted by molar-refractivity contribution is 0.238. The van der Waals surface area contributed by atoms with Crippen molar-refractivity contribution in [3.63, 3.8) is 0 Å². The average Bonchev–Trinajstić information content (AvgIpc) is 3.10. The third-order valence-electron chi connectivity index (χ3n) is 4.76. The summed E-state index contributed by atoms with van der Waals surface area (Å²) in [6.07, 6.45) is 14.0. The van der Waals surface area contributed by atoms with Crippen LogP contribution in [-0.2, 0) is 6.54 Å². The fraction of sp³-hybridized carbons (Fsp3) is 0.500. The summed E-state index contributed by atoms with van der Waals surface area (Å²) < 4.78 is 2.25. The fourth-order valence-corrected chi connectivity index (χ4v) is 3.40. The van der Waals surface area contributed by atoms with Crippen LogP contribution in [0.25, 0.3) is 11.3 Å². The largest absolute Gasteiger partial charge is 0.398 e. The van der Waals surface area contributed by atoms with Gasteiger partial charge in [0.25, 0.3) is 0 Å². The molecule has 0 spiro atoms. The number of pyridine rings is 1. The Kier molecular flexibility index (Phi) is 3.47. The van der Waals surface area contributed by atoms with Gasteiger partial charge in [-0.3, -0.25) is 4.98 Å². The summed E-state index contributed by atoms with van der Waals surface area (Å²) in [6.45, 7) is 3.34. The van der Waals surface area contributed by atoms with Gasteiger partial charge in [0.15, 0.2) is 0 Å². The van der Waals surface area contributed by atoms with Crippen LogP contribution in [-0.4, -0.2) is 14.5 Å². The zero-order valence-electron chi connectivity index (χ0n) is 12.0. The average molecular weight is 270 g/mol. The van der Waals surface area contributed by atoms with Gasteiger partial charge in [0.1, 0.15) is 0 Å². The number of rotatable bonds is 4. The molecule has 2 aromatic rings. The normalized spacial score (nSPS) is 17.4. The Balaban J connectivity index is 1.93. The molecule has 20 heavy (non-hydrogen) atoms. The smallest absolute Gasteiger partial charge is 0.0951 e. The van der Waals surface area contributed by atoms with E-state index in [1.165, 1.54) is 32.1 Å². The van der Waals surface area contributed by atoms with Gasteiger partial charge >= 0.3 is 0 Å². The van der Waals surface area contributed by atoms with Crippen molar-refractivity contribution in [2.24, 2.45) is 5.41 Å². The quantitative estimate of drug-likeness (QED) is 0.925. The first-order chi connectivity index (χ1) is 9.74. The Morgan fingerprint density at radius 1 is 1.25 bits per heavy atom. The number of imidazole rings is 1. The molecule has 1 saturated carbocycles. The summed E-state index contributed by atoms with van der Waals surface area (Å²) in [7, 11) is 0. The number of anilines is 1. The third kappa shape index (κ3) is 2.30. The predicted octanol–water partition coefficient (Wildman–Crippen LogP) is 3.50. The monoisotopic (exact) mass is 270 g/mol. The van der Waals surface area contributed by atoms with Crippen LogP contribution < -0.4 is 5.73 Å². The molecule has 106 valence electrons. The Labute approximate surface area is 120 Å². The molecular formula is C16H22N4. The topological polar surface area (TPSA) is 56.7 Å². The van der Waals surface area contributed by atoms with Gasteiger partial charge in [0.2, 0.25) is 0 Å². The summed E-state index contributed by atoms with van der Waals surface area (Å²) >= 11 is 0. The van der Waals surface area contributed by atoms with E-state index in [-0.39, 0.29) is 0 Å². The van der Waals surface area contributed by atoms with Crippen LogP contribution in [0.2, 0.25) is 0 Å². The highest BCUT2D eigenvalue weighted by atomic mass is 15.1. The van der Waals surface area contributed by atoms with Gasteiger partial charge in [-0.05, 0) is 30.7 Å². The van der Waals surface area contributed by atoms with Crippen LogP contribution in [0.15, 0.2) is 31.0 Å². The highest BCUT2D eigenvalue weighted by molar-refractivity contribution is 5.72. The maximum absolute atomic E-state index is 6.07. The van der Waals surface area contributed by atoms with Crippen molar-refractivity contribution in [2.75, 3.05) is 5.73 Å². The first-order valence-electron chi connectivity index (χ1n) is 7.44.